The van der Waals surface area contributed by atoms with Gasteiger partial charge >= 0.3 is 12.0 Å². The second-order valence-electron chi connectivity index (χ2n) is 6.02. The van der Waals surface area contributed by atoms with Crippen LogP contribution < -0.4 is 10.1 Å². The van der Waals surface area contributed by atoms with Crippen LogP contribution in [0.2, 0.25) is 0 Å². The number of likely N-dealkylation sites (tertiary alicyclic amines) is 1. The summed E-state index contributed by atoms with van der Waals surface area (Å²) >= 11 is 1.70. The Labute approximate surface area is 146 Å². The Kier molecular flexibility index (Phi) is 6.78. The van der Waals surface area contributed by atoms with Crippen molar-refractivity contribution in [2.24, 2.45) is 11.8 Å². The predicted molar refractivity (Wildman–Crippen MR) is 93.6 cm³/mol. The van der Waals surface area contributed by atoms with Gasteiger partial charge < -0.3 is 20.1 Å². The molecule has 0 aromatic heterocycles. The monoisotopic (exact) mass is 352 g/mol. The molecule has 1 aromatic carbocycles. The van der Waals surface area contributed by atoms with Crippen LogP contribution in [0.4, 0.5) is 4.79 Å². The van der Waals surface area contributed by atoms with Crippen LogP contribution in [0.3, 0.4) is 0 Å². The molecule has 2 unspecified atom stereocenters. The molecule has 7 heteroatoms. The number of amides is 2. The van der Waals surface area contributed by atoms with Gasteiger partial charge in [-0.05, 0) is 24.5 Å². The normalized spacial score (nSPS) is 18.2. The molecule has 0 radical (unpaired) electrons. The number of nitrogens with one attached hydrogen (secondary N) is 1. The summed E-state index contributed by atoms with van der Waals surface area (Å²) in [5, 5.41) is 11.9. The van der Waals surface area contributed by atoms with Crippen LogP contribution in [0, 0.1) is 11.8 Å². The first-order chi connectivity index (χ1) is 11.5. The number of nitrogens with zero attached hydrogens (tertiary/aromatic N) is 1. The minimum absolute atomic E-state index is 0.173. The average molecular weight is 352 g/mol. The second kappa shape index (κ2) is 8.82. The SMILES string of the molecule is COc1ccccc1SCC(C)CNC(=O)N1CCC(C(=O)O)C1. The van der Waals surface area contributed by atoms with E-state index in [2.05, 4.69) is 12.2 Å². The number of carboxylic acids is 1. The van der Waals surface area contributed by atoms with Gasteiger partial charge in [0, 0.05) is 30.3 Å². The number of carbonyl (C=O) groups excluding carboxylic acids is 1. The minimum atomic E-state index is -0.827. The Balaban J connectivity index is 1.72. The lowest BCUT2D eigenvalue weighted by Crippen LogP contribution is -2.41. The number of aliphatic carboxylic acids is 1. The van der Waals surface area contributed by atoms with E-state index in [0.29, 0.717) is 32.0 Å². The van der Waals surface area contributed by atoms with E-state index in [4.69, 9.17) is 9.84 Å². The maximum atomic E-state index is 12.1. The summed E-state index contributed by atoms with van der Waals surface area (Å²) in [4.78, 5) is 25.7. The van der Waals surface area contributed by atoms with Gasteiger partial charge in [-0.2, -0.15) is 0 Å². The van der Waals surface area contributed by atoms with E-state index < -0.39 is 11.9 Å². The van der Waals surface area contributed by atoms with Gasteiger partial charge in [-0.3, -0.25) is 4.79 Å². The van der Waals surface area contributed by atoms with Crippen LogP contribution in [0.25, 0.3) is 0 Å². The molecule has 2 atom stereocenters. The first-order valence-corrected chi connectivity index (χ1v) is 9.01. The summed E-state index contributed by atoms with van der Waals surface area (Å²) in [5.74, 6) is 0.747. The van der Waals surface area contributed by atoms with Gasteiger partial charge in [0.15, 0.2) is 0 Å². The van der Waals surface area contributed by atoms with Crippen molar-refractivity contribution in [3.05, 3.63) is 24.3 Å². The Morgan fingerprint density at radius 2 is 2.21 bits per heavy atom. The molecule has 24 heavy (non-hydrogen) atoms. The number of hydrogen-bond donors (Lipinski definition) is 2. The van der Waals surface area contributed by atoms with E-state index >= 15 is 0 Å². The maximum Gasteiger partial charge on any atom is 0.317 e. The number of methoxy groups -OCH3 is 1. The van der Waals surface area contributed by atoms with E-state index in [9.17, 15) is 9.59 Å². The number of carbonyl (C=O) groups is 2. The molecule has 0 bridgehead atoms. The molecule has 0 aliphatic carbocycles. The first kappa shape index (κ1) is 18.4. The van der Waals surface area contributed by atoms with Crippen molar-refractivity contribution in [1.29, 1.82) is 0 Å². The molecule has 1 aromatic rings. The van der Waals surface area contributed by atoms with Crippen LogP contribution in [0.15, 0.2) is 29.2 Å². The highest BCUT2D eigenvalue weighted by atomic mass is 32.2. The van der Waals surface area contributed by atoms with E-state index in [1.54, 1.807) is 23.8 Å². The van der Waals surface area contributed by atoms with E-state index in [1.165, 1.54) is 0 Å². The van der Waals surface area contributed by atoms with E-state index in [1.807, 2.05) is 24.3 Å². The Morgan fingerprint density at radius 1 is 1.46 bits per heavy atom. The smallest absolute Gasteiger partial charge is 0.317 e. The number of hydrogen-bond acceptors (Lipinski definition) is 4. The average Bonchev–Trinajstić information content (AvgIpc) is 3.08. The third kappa shape index (κ3) is 5.06. The van der Waals surface area contributed by atoms with Crippen molar-refractivity contribution in [3.63, 3.8) is 0 Å². The third-order valence-corrected chi connectivity index (χ3v) is 5.40. The van der Waals surface area contributed by atoms with Crippen molar-refractivity contribution in [3.8, 4) is 5.75 Å². The molecule has 1 aliphatic rings. The lowest BCUT2D eigenvalue weighted by molar-refractivity contribution is -0.141. The zero-order valence-electron chi connectivity index (χ0n) is 14.0. The zero-order valence-corrected chi connectivity index (χ0v) is 14.8. The van der Waals surface area contributed by atoms with Crippen LogP contribution in [-0.4, -0.2) is 54.5 Å². The molecule has 2 N–H and O–H groups in total. The molecular formula is C17H24N2O4S. The number of thioether (sulfide) groups is 1. The third-order valence-electron chi connectivity index (χ3n) is 4.02. The van der Waals surface area contributed by atoms with Gasteiger partial charge in [0.2, 0.25) is 0 Å². The van der Waals surface area contributed by atoms with Gasteiger partial charge in [-0.15, -0.1) is 11.8 Å². The number of urea groups is 1. The molecule has 2 rings (SSSR count). The molecule has 1 saturated heterocycles. The molecule has 1 heterocycles. The molecule has 132 valence electrons. The lowest BCUT2D eigenvalue weighted by Gasteiger charge is -2.19. The fourth-order valence-electron chi connectivity index (χ4n) is 2.55. The number of carboxylic acid groups (broad SMARTS) is 1. The molecule has 6 nitrogen and oxygen atoms in total. The summed E-state index contributed by atoms with van der Waals surface area (Å²) in [6, 6.07) is 7.69. The van der Waals surface area contributed by atoms with Gasteiger partial charge in [-0.1, -0.05) is 19.1 Å². The summed E-state index contributed by atoms with van der Waals surface area (Å²) in [7, 11) is 1.66. The second-order valence-corrected chi connectivity index (χ2v) is 7.08. The highest BCUT2D eigenvalue weighted by Gasteiger charge is 2.30. The zero-order chi connectivity index (χ0) is 17.5. The standard InChI is InChI=1S/C17H24N2O4S/c1-12(11-24-15-6-4-3-5-14(15)23-2)9-18-17(22)19-8-7-13(10-19)16(20)21/h3-6,12-13H,7-11H2,1-2H3,(H,18,22)(H,20,21). The van der Waals surface area contributed by atoms with Crippen LogP contribution in [0.5, 0.6) is 5.75 Å². The number of ether oxygens (including phenoxy) is 1. The molecule has 1 fully saturated rings. The Hall–Kier alpha value is -1.89. The summed E-state index contributed by atoms with van der Waals surface area (Å²) in [5.41, 5.74) is 0. The molecule has 2 amide bonds. The maximum absolute atomic E-state index is 12.1. The highest BCUT2D eigenvalue weighted by molar-refractivity contribution is 7.99. The predicted octanol–water partition coefficient (Wildman–Crippen LogP) is 2.54. The van der Waals surface area contributed by atoms with E-state index in [-0.39, 0.29) is 6.03 Å². The number of para-hydroxylation sites is 1. The Morgan fingerprint density at radius 3 is 2.88 bits per heavy atom. The van der Waals surface area contributed by atoms with E-state index in [0.717, 1.165) is 16.4 Å². The van der Waals surface area contributed by atoms with Gasteiger partial charge in [-0.25, -0.2) is 4.79 Å². The number of benzene rings is 1. The van der Waals surface area contributed by atoms with Crippen LogP contribution >= 0.6 is 11.8 Å². The summed E-state index contributed by atoms with van der Waals surface area (Å²) in [6.45, 7) is 3.45. The summed E-state index contributed by atoms with van der Waals surface area (Å²) in [6.07, 6.45) is 0.530. The molecule has 0 spiro atoms. The quantitative estimate of drug-likeness (QED) is 0.737. The van der Waals surface area contributed by atoms with Gasteiger partial charge in [0.1, 0.15) is 5.75 Å². The van der Waals surface area contributed by atoms with Crippen LogP contribution in [0.1, 0.15) is 13.3 Å². The van der Waals surface area contributed by atoms with Crippen molar-refractivity contribution < 1.29 is 19.4 Å². The fraction of sp³-hybridized carbons (Fsp3) is 0.529. The van der Waals surface area contributed by atoms with Crippen molar-refractivity contribution in [2.75, 3.05) is 32.5 Å². The lowest BCUT2D eigenvalue weighted by atomic mass is 10.1. The largest absolute Gasteiger partial charge is 0.496 e. The first-order valence-electron chi connectivity index (χ1n) is 8.02. The molecule has 1 aliphatic heterocycles. The van der Waals surface area contributed by atoms with Crippen LogP contribution in [-0.2, 0) is 4.79 Å². The van der Waals surface area contributed by atoms with Gasteiger partial charge in [0.25, 0.3) is 0 Å². The Bertz CT molecular complexity index is 581. The topological polar surface area (TPSA) is 78.9 Å². The fourth-order valence-corrected chi connectivity index (χ4v) is 3.60. The summed E-state index contributed by atoms with van der Waals surface area (Å²) < 4.78 is 5.33. The van der Waals surface area contributed by atoms with Crippen molar-refractivity contribution in [1.82, 2.24) is 10.2 Å². The molecular weight excluding hydrogens is 328 g/mol. The van der Waals surface area contributed by atoms with Crippen molar-refractivity contribution in [2.45, 2.75) is 18.2 Å². The minimum Gasteiger partial charge on any atom is -0.496 e. The number of rotatable bonds is 7. The molecule has 0 saturated carbocycles. The highest BCUT2D eigenvalue weighted by Crippen LogP contribution is 2.29. The van der Waals surface area contributed by atoms with Crippen molar-refractivity contribution >= 4 is 23.8 Å². The van der Waals surface area contributed by atoms with Gasteiger partial charge in [0.05, 0.1) is 13.0 Å².